The van der Waals surface area contributed by atoms with E-state index in [0.717, 1.165) is 24.8 Å². The van der Waals surface area contributed by atoms with Gasteiger partial charge in [0.2, 0.25) is 0 Å². The van der Waals surface area contributed by atoms with E-state index in [-0.39, 0.29) is 23.0 Å². The molecule has 0 saturated heterocycles. The zero-order valence-corrected chi connectivity index (χ0v) is 15.0. The Morgan fingerprint density at radius 3 is 2.00 bits per heavy atom. The Bertz CT molecular complexity index is 779. The summed E-state index contributed by atoms with van der Waals surface area (Å²) in [5.41, 5.74) is -0.201. The molecule has 26 heavy (non-hydrogen) atoms. The second-order valence-electron chi connectivity index (χ2n) is 9.43. The summed E-state index contributed by atoms with van der Waals surface area (Å²) in [5, 5.41) is 19.6. The molecule has 5 aliphatic rings. The highest BCUT2D eigenvalue weighted by Gasteiger charge is 2.72. The van der Waals surface area contributed by atoms with Crippen molar-refractivity contribution in [1.82, 2.24) is 0 Å². The van der Waals surface area contributed by atoms with Crippen molar-refractivity contribution in [2.24, 2.45) is 40.4 Å². The van der Waals surface area contributed by atoms with Gasteiger partial charge in [-0.05, 0) is 68.3 Å². The van der Waals surface area contributed by atoms with Crippen molar-refractivity contribution in [3.63, 3.8) is 0 Å². The molecule has 0 radical (unpaired) electrons. The lowest BCUT2D eigenvalue weighted by molar-refractivity contribution is -0.146. The SMILES string of the molecule is N#CC1(C#N)C(Cc2ccccc2)C1C(=O)C12CC3CC(CC(C3)C1)C2. The van der Waals surface area contributed by atoms with Gasteiger partial charge in [-0.1, -0.05) is 30.3 Å². The smallest absolute Gasteiger partial charge is 0.157 e. The van der Waals surface area contributed by atoms with Crippen molar-refractivity contribution in [3.05, 3.63) is 35.9 Å². The number of nitriles is 2. The molecule has 3 heteroatoms. The van der Waals surface area contributed by atoms with Gasteiger partial charge >= 0.3 is 0 Å². The van der Waals surface area contributed by atoms with Crippen LogP contribution >= 0.6 is 0 Å². The van der Waals surface area contributed by atoms with Crippen LogP contribution in [-0.2, 0) is 11.2 Å². The molecule has 5 aliphatic carbocycles. The van der Waals surface area contributed by atoms with Crippen LogP contribution in [0.15, 0.2) is 30.3 Å². The van der Waals surface area contributed by atoms with Crippen LogP contribution in [0, 0.1) is 63.1 Å². The van der Waals surface area contributed by atoms with Gasteiger partial charge in [0.25, 0.3) is 0 Å². The summed E-state index contributed by atoms with van der Waals surface area (Å²) < 4.78 is 0. The Kier molecular flexibility index (Phi) is 3.36. The molecule has 4 bridgehead atoms. The normalized spacial score (nSPS) is 41.2. The number of Topliss-reactive ketones (excluding diaryl/α,β-unsaturated/α-hetero) is 1. The molecule has 0 aliphatic heterocycles. The van der Waals surface area contributed by atoms with Crippen LogP contribution in [0.4, 0.5) is 0 Å². The lowest BCUT2D eigenvalue weighted by Gasteiger charge is -2.56. The average Bonchev–Trinajstić information content (AvgIpc) is 3.27. The highest BCUT2D eigenvalue weighted by Crippen LogP contribution is 2.67. The zero-order valence-electron chi connectivity index (χ0n) is 15.0. The standard InChI is InChI=1S/C23H24N2O/c24-13-23(14-25)19(9-15-4-2-1-3-5-15)20(23)21(26)22-10-16-6-17(11-22)8-18(7-16)12-22/h1-5,16-20H,6-12H2. The van der Waals surface area contributed by atoms with E-state index in [4.69, 9.17) is 0 Å². The van der Waals surface area contributed by atoms with Gasteiger partial charge in [-0.2, -0.15) is 10.5 Å². The molecule has 132 valence electrons. The summed E-state index contributed by atoms with van der Waals surface area (Å²) in [6, 6.07) is 14.5. The molecule has 0 aromatic heterocycles. The number of carbonyl (C=O) groups is 1. The Labute approximate surface area is 155 Å². The second kappa shape index (κ2) is 5.43. The third kappa shape index (κ3) is 2.13. The van der Waals surface area contributed by atoms with E-state index in [1.54, 1.807) is 0 Å². The molecule has 0 N–H and O–H groups in total. The average molecular weight is 344 g/mol. The van der Waals surface area contributed by atoms with Crippen molar-refractivity contribution in [1.29, 1.82) is 10.5 Å². The molecule has 2 atom stereocenters. The number of ketones is 1. The lowest BCUT2D eigenvalue weighted by atomic mass is 9.48. The first kappa shape index (κ1) is 16.1. The largest absolute Gasteiger partial charge is 0.299 e. The molecule has 5 fully saturated rings. The van der Waals surface area contributed by atoms with E-state index in [1.165, 1.54) is 19.3 Å². The van der Waals surface area contributed by atoms with Crippen LogP contribution in [0.5, 0.6) is 0 Å². The molecule has 1 aromatic carbocycles. The molecule has 6 rings (SSSR count). The molecule has 0 amide bonds. The predicted molar refractivity (Wildman–Crippen MR) is 96.4 cm³/mol. The Morgan fingerprint density at radius 2 is 1.50 bits per heavy atom. The minimum atomic E-state index is -1.10. The summed E-state index contributed by atoms with van der Waals surface area (Å²) in [6.07, 6.45) is 7.59. The van der Waals surface area contributed by atoms with E-state index in [0.29, 0.717) is 24.2 Å². The first-order valence-corrected chi connectivity index (χ1v) is 10.0. The topological polar surface area (TPSA) is 64.7 Å². The highest BCUT2D eigenvalue weighted by atomic mass is 16.1. The number of nitrogens with zero attached hydrogens (tertiary/aromatic N) is 2. The summed E-state index contributed by atoms with van der Waals surface area (Å²) in [5.74, 6) is 1.86. The van der Waals surface area contributed by atoms with Crippen LogP contribution < -0.4 is 0 Å². The molecular weight excluding hydrogens is 320 g/mol. The zero-order chi connectivity index (χ0) is 17.9. The number of carbonyl (C=O) groups excluding carboxylic acids is 1. The Hall–Kier alpha value is -2.13. The van der Waals surface area contributed by atoms with Crippen LogP contribution in [0.2, 0.25) is 0 Å². The molecule has 0 heterocycles. The first-order chi connectivity index (χ1) is 12.6. The van der Waals surface area contributed by atoms with Gasteiger partial charge in [0, 0.05) is 11.3 Å². The van der Waals surface area contributed by atoms with Gasteiger partial charge < -0.3 is 0 Å². The number of hydrogen-bond donors (Lipinski definition) is 0. The first-order valence-electron chi connectivity index (χ1n) is 10.0. The number of benzene rings is 1. The number of rotatable bonds is 4. The maximum absolute atomic E-state index is 13.7. The lowest BCUT2D eigenvalue weighted by Crippen LogP contribution is -2.50. The van der Waals surface area contributed by atoms with E-state index in [1.807, 2.05) is 30.3 Å². The molecular formula is C23H24N2O. The fraction of sp³-hybridized carbons (Fsp3) is 0.609. The van der Waals surface area contributed by atoms with E-state index >= 15 is 0 Å². The van der Waals surface area contributed by atoms with Crippen molar-refractivity contribution in [2.75, 3.05) is 0 Å². The molecule has 3 nitrogen and oxygen atoms in total. The van der Waals surface area contributed by atoms with Gasteiger partial charge in [0.05, 0.1) is 18.1 Å². The third-order valence-corrected chi connectivity index (χ3v) is 7.88. The summed E-state index contributed by atoms with van der Waals surface area (Å²) in [7, 11) is 0. The van der Waals surface area contributed by atoms with Gasteiger partial charge in [-0.25, -0.2) is 0 Å². The molecule has 2 unspecified atom stereocenters. The van der Waals surface area contributed by atoms with Crippen molar-refractivity contribution >= 4 is 5.78 Å². The number of hydrogen-bond acceptors (Lipinski definition) is 3. The summed E-state index contributed by atoms with van der Waals surface area (Å²) in [4.78, 5) is 13.7. The van der Waals surface area contributed by atoms with Crippen LogP contribution in [-0.4, -0.2) is 5.78 Å². The highest BCUT2D eigenvalue weighted by molar-refractivity contribution is 5.92. The van der Waals surface area contributed by atoms with E-state index in [2.05, 4.69) is 12.1 Å². The van der Waals surface area contributed by atoms with Gasteiger partial charge in [0.15, 0.2) is 5.41 Å². The maximum Gasteiger partial charge on any atom is 0.157 e. The summed E-state index contributed by atoms with van der Waals surface area (Å²) in [6.45, 7) is 0. The second-order valence-corrected chi connectivity index (χ2v) is 9.43. The minimum Gasteiger partial charge on any atom is -0.299 e. The van der Waals surface area contributed by atoms with E-state index < -0.39 is 5.41 Å². The van der Waals surface area contributed by atoms with Crippen molar-refractivity contribution in [3.8, 4) is 12.1 Å². The third-order valence-electron chi connectivity index (χ3n) is 7.88. The molecule has 0 spiro atoms. The monoisotopic (exact) mass is 344 g/mol. The fourth-order valence-corrected chi connectivity index (χ4v) is 7.07. The Morgan fingerprint density at radius 1 is 0.962 bits per heavy atom. The molecule has 1 aromatic rings. The van der Waals surface area contributed by atoms with Crippen LogP contribution in [0.1, 0.15) is 44.1 Å². The van der Waals surface area contributed by atoms with Crippen molar-refractivity contribution < 1.29 is 4.79 Å². The molecule has 5 saturated carbocycles. The van der Waals surface area contributed by atoms with Gasteiger partial charge in [-0.15, -0.1) is 0 Å². The maximum atomic E-state index is 13.7. The minimum absolute atomic E-state index is 0.139. The van der Waals surface area contributed by atoms with Crippen LogP contribution in [0.25, 0.3) is 0 Å². The Balaban J connectivity index is 1.44. The summed E-state index contributed by atoms with van der Waals surface area (Å²) >= 11 is 0. The van der Waals surface area contributed by atoms with Crippen molar-refractivity contribution in [2.45, 2.75) is 44.9 Å². The van der Waals surface area contributed by atoms with Crippen LogP contribution in [0.3, 0.4) is 0 Å². The van der Waals surface area contributed by atoms with Gasteiger partial charge in [0.1, 0.15) is 5.78 Å². The fourth-order valence-electron chi connectivity index (χ4n) is 7.07. The van der Waals surface area contributed by atoms with Gasteiger partial charge in [-0.3, -0.25) is 4.79 Å². The predicted octanol–water partition coefficient (Wildman–Crippen LogP) is 4.29. The quantitative estimate of drug-likeness (QED) is 0.818. The van der Waals surface area contributed by atoms with E-state index in [9.17, 15) is 15.3 Å².